The van der Waals surface area contributed by atoms with Gasteiger partial charge >= 0.3 is 0 Å². The van der Waals surface area contributed by atoms with Gasteiger partial charge in [0.2, 0.25) is 5.91 Å². The molecule has 2 aromatic carbocycles. The van der Waals surface area contributed by atoms with Crippen molar-refractivity contribution in [2.75, 3.05) is 26.2 Å². The summed E-state index contributed by atoms with van der Waals surface area (Å²) in [7, 11) is 0. The Morgan fingerprint density at radius 2 is 0.854 bits per heavy atom. The number of nitrogens with one attached hydrogen (secondary N) is 4. The molecule has 8 heteroatoms. The lowest BCUT2D eigenvalue weighted by Gasteiger charge is -2.28. The fraction of sp³-hybridized carbons (Fsp3) is 0.515. The van der Waals surface area contributed by atoms with Crippen LogP contribution in [-0.2, 0) is 4.79 Å². The molecule has 0 unspecified atom stereocenters. The first-order valence-corrected chi connectivity index (χ1v) is 15.1. The van der Waals surface area contributed by atoms with Crippen molar-refractivity contribution in [2.45, 2.75) is 58.3 Å². The average Bonchev–Trinajstić information content (AvgIpc) is 3.01. The molecule has 4 N–H and O–H groups in total. The predicted octanol–water partition coefficient (Wildman–Crippen LogP) is 4.33. The van der Waals surface area contributed by atoms with Crippen molar-refractivity contribution < 1.29 is 19.2 Å². The predicted molar refractivity (Wildman–Crippen MR) is 159 cm³/mol. The molecule has 0 saturated heterocycles. The quantitative estimate of drug-likeness (QED) is 0.327. The number of rotatable bonds is 11. The Labute approximate surface area is 243 Å². The van der Waals surface area contributed by atoms with Gasteiger partial charge in [0.1, 0.15) is 0 Å². The topological polar surface area (TPSA) is 116 Å². The third kappa shape index (κ3) is 9.73. The third-order valence-corrected chi connectivity index (χ3v) is 8.65. The van der Waals surface area contributed by atoms with E-state index >= 15 is 0 Å². The fourth-order valence-corrected chi connectivity index (χ4v) is 5.98. The lowest BCUT2D eigenvalue weighted by molar-refractivity contribution is -0.119. The minimum absolute atomic E-state index is 0.0144. The SMILES string of the molecule is CC(=O)NCC1CCC(CNC(=O)c2cccc(C(=O)NCC3CCC(CNC(=O)c4ccccc4)CC3)c2)CC1. The van der Waals surface area contributed by atoms with Crippen LogP contribution in [0, 0.1) is 23.7 Å². The molecule has 0 radical (unpaired) electrons. The van der Waals surface area contributed by atoms with E-state index in [2.05, 4.69) is 21.3 Å². The van der Waals surface area contributed by atoms with Crippen LogP contribution in [0.15, 0.2) is 54.6 Å². The normalized spacial score (nSPS) is 22.3. The Morgan fingerprint density at radius 1 is 0.512 bits per heavy atom. The second-order valence-corrected chi connectivity index (χ2v) is 11.8. The molecule has 2 fully saturated rings. The van der Waals surface area contributed by atoms with Gasteiger partial charge in [-0.2, -0.15) is 0 Å². The molecule has 0 aliphatic heterocycles. The minimum atomic E-state index is -0.158. The van der Waals surface area contributed by atoms with Gasteiger partial charge in [-0.05, 0) is 105 Å². The smallest absolute Gasteiger partial charge is 0.251 e. The van der Waals surface area contributed by atoms with E-state index in [0.29, 0.717) is 60.0 Å². The molecule has 0 spiro atoms. The molecule has 0 atom stereocenters. The average molecular weight is 561 g/mol. The number of hydrogen-bond acceptors (Lipinski definition) is 4. The Kier molecular flexibility index (Phi) is 11.3. The largest absolute Gasteiger partial charge is 0.356 e. The molecular weight excluding hydrogens is 516 g/mol. The molecule has 0 bridgehead atoms. The Balaban J connectivity index is 1.13. The first-order chi connectivity index (χ1) is 19.9. The van der Waals surface area contributed by atoms with Crippen molar-refractivity contribution in [1.82, 2.24) is 21.3 Å². The molecule has 2 saturated carbocycles. The number of benzene rings is 2. The van der Waals surface area contributed by atoms with Crippen molar-refractivity contribution in [1.29, 1.82) is 0 Å². The number of amides is 4. The molecule has 4 rings (SSSR count). The molecule has 0 heterocycles. The summed E-state index contributed by atoms with van der Waals surface area (Å²) in [5.41, 5.74) is 1.67. The van der Waals surface area contributed by atoms with Gasteiger partial charge in [0.05, 0.1) is 0 Å². The van der Waals surface area contributed by atoms with Crippen LogP contribution < -0.4 is 21.3 Å². The molecule has 0 aromatic heterocycles. The second kappa shape index (κ2) is 15.4. The van der Waals surface area contributed by atoms with E-state index in [1.807, 2.05) is 30.3 Å². The summed E-state index contributed by atoms with van der Waals surface area (Å²) >= 11 is 0. The molecule has 2 aliphatic rings. The van der Waals surface area contributed by atoms with Crippen molar-refractivity contribution in [3.8, 4) is 0 Å². The number of hydrogen-bond donors (Lipinski definition) is 4. The molecule has 220 valence electrons. The first-order valence-electron chi connectivity index (χ1n) is 15.1. The van der Waals surface area contributed by atoms with Crippen LogP contribution in [-0.4, -0.2) is 49.8 Å². The summed E-state index contributed by atoms with van der Waals surface area (Å²) in [6.07, 6.45) is 8.29. The van der Waals surface area contributed by atoms with Crippen molar-refractivity contribution >= 4 is 23.6 Å². The maximum Gasteiger partial charge on any atom is 0.251 e. The second-order valence-electron chi connectivity index (χ2n) is 11.8. The summed E-state index contributed by atoms with van der Waals surface area (Å²) in [6.45, 7) is 4.20. The molecule has 2 aromatic rings. The van der Waals surface area contributed by atoms with Crippen LogP contribution in [0.4, 0.5) is 0 Å². The van der Waals surface area contributed by atoms with Gasteiger partial charge in [0, 0.05) is 49.8 Å². The highest BCUT2D eigenvalue weighted by Gasteiger charge is 2.24. The van der Waals surface area contributed by atoms with Crippen LogP contribution >= 0.6 is 0 Å². The highest BCUT2D eigenvalue weighted by atomic mass is 16.2. The van der Waals surface area contributed by atoms with Gasteiger partial charge in [-0.15, -0.1) is 0 Å². The monoisotopic (exact) mass is 560 g/mol. The number of carbonyl (C=O) groups excluding carboxylic acids is 4. The van der Waals surface area contributed by atoms with Crippen LogP contribution in [0.3, 0.4) is 0 Å². The molecule has 41 heavy (non-hydrogen) atoms. The fourth-order valence-electron chi connectivity index (χ4n) is 5.98. The van der Waals surface area contributed by atoms with Crippen LogP contribution in [0.2, 0.25) is 0 Å². The third-order valence-electron chi connectivity index (χ3n) is 8.65. The van der Waals surface area contributed by atoms with E-state index in [1.165, 1.54) is 0 Å². The summed E-state index contributed by atoms with van der Waals surface area (Å²) in [6, 6.07) is 16.2. The zero-order valence-corrected chi connectivity index (χ0v) is 24.1. The molecule has 8 nitrogen and oxygen atoms in total. The van der Waals surface area contributed by atoms with Crippen LogP contribution in [0.1, 0.15) is 89.4 Å². The maximum atomic E-state index is 12.9. The Morgan fingerprint density at radius 3 is 1.24 bits per heavy atom. The van der Waals surface area contributed by atoms with Crippen LogP contribution in [0.5, 0.6) is 0 Å². The van der Waals surface area contributed by atoms with Gasteiger partial charge in [0.25, 0.3) is 17.7 Å². The Bertz CT molecular complexity index is 1170. The summed E-state index contributed by atoms with van der Waals surface area (Å²) in [5, 5.41) is 12.1. The van der Waals surface area contributed by atoms with E-state index < -0.39 is 0 Å². The van der Waals surface area contributed by atoms with Crippen molar-refractivity contribution in [3.63, 3.8) is 0 Å². The zero-order valence-electron chi connectivity index (χ0n) is 24.1. The summed E-state index contributed by atoms with van der Waals surface area (Å²) in [5.74, 6) is 1.51. The highest BCUT2D eigenvalue weighted by Crippen LogP contribution is 2.29. The van der Waals surface area contributed by atoms with Crippen molar-refractivity contribution in [3.05, 3.63) is 71.3 Å². The van der Waals surface area contributed by atoms with Crippen molar-refractivity contribution in [2.24, 2.45) is 23.7 Å². The molecule has 4 amide bonds. The van der Waals surface area contributed by atoms with E-state index in [0.717, 1.165) is 57.9 Å². The van der Waals surface area contributed by atoms with Gasteiger partial charge in [0.15, 0.2) is 0 Å². The zero-order chi connectivity index (χ0) is 29.0. The highest BCUT2D eigenvalue weighted by molar-refractivity contribution is 5.99. The Hall–Kier alpha value is -3.68. The molecular formula is C33H44N4O4. The standard InChI is InChI=1S/C33H44N4O4/c1-23(38)34-19-24-10-12-26(13-11-24)21-36-32(40)29-8-5-9-30(18-29)33(41)37-22-27-16-14-25(15-17-27)20-35-31(39)28-6-3-2-4-7-28/h2-9,18,24-27H,10-17,19-22H2,1H3,(H,34,38)(H,35,39)(H,36,40)(H,37,41). The first kappa shape index (κ1) is 30.3. The van der Waals surface area contributed by atoms with E-state index in [4.69, 9.17) is 0 Å². The van der Waals surface area contributed by atoms with Gasteiger partial charge < -0.3 is 21.3 Å². The minimum Gasteiger partial charge on any atom is -0.356 e. The maximum absolute atomic E-state index is 12.9. The van der Waals surface area contributed by atoms with E-state index in [1.54, 1.807) is 31.2 Å². The van der Waals surface area contributed by atoms with Gasteiger partial charge in [-0.3, -0.25) is 19.2 Å². The summed E-state index contributed by atoms with van der Waals surface area (Å²) < 4.78 is 0. The number of carbonyl (C=O) groups is 4. The molecule has 2 aliphatic carbocycles. The van der Waals surface area contributed by atoms with E-state index in [9.17, 15) is 19.2 Å². The van der Waals surface area contributed by atoms with Gasteiger partial charge in [-0.25, -0.2) is 0 Å². The van der Waals surface area contributed by atoms with Gasteiger partial charge in [-0.1, -0.05) is 24.3 Å². The lowest BCUT2D eigenvalue weighted by Crippen LogP contribution is -2.35. The summed E-state index contributed by atoms with van der Waals surface area (Å²) in [4.78, 5) is 49.1. The van der Waals surface area contributed by atoms with E-state index in [-0.39, 0.29) is 23.6 Å². The lowest BCUT2D eigenvalue weighted by atomic mass is 9.82. The van der Waals surface area contributed by atoms with Crippen LogP contribution in [0.25, 0.3) is 0 Å².